The molecule has 2 saturated heterocycles. The molecule has 110 valence electrons. The summed E-state index contributed by atoms with van der Waals surface area (Å²) in [5, 5.41) is 4.65. The third-order valence-corrected chi connectivity index (χ3v) is 5.95. The Bertz CT molecular complexity index is 499. The van der Waals surface area contributed by atoms with Crippen LogP contribution in [0.3, 0.4) is 0 Å². The molecule has 2 unspecified atom stereocenters. The predicted octanol–water partition coefficient (Wildman–Crippen LogP) is 2.96. The average Bonchev–Trinajstić information content (AvgIpc) is 2.72. The fourth-order valence-electron chi connectivity index (χ4n) is 3.69. The third-order valence-electron chi connectivity index (χ3n) is 4.77. The third kappa shape index (κ3) is 2.56. The van der Waals surface area contributed by atoms with Crippen molar-refractivity contribution in [3.63, 3.8) is 0 Å². The number of piperidine rings is 2. The van der Waals surface area contributed by atoms with Crippen LogP contribution >= 0.6 is 11.3 Å². The van der Waals surface area contributed by atoms with Gasteiger partial charge in [0, 0.05) is 25.0 Å². The lowest BCUT2D eigenvalue weighted by Gasteiger charge is -2.47. The molecule has 2 aliphatic heterocycles. The molecule has 1 aromatic rings. The van der Waals surface area contributed by atoms with Gasteiger partial charge in [-0.25, -0.2) is 0 Å². The highest BCUT2D eigenvalue weighted by Gasteiger charge is 2.36. The average molecular weight is 293 g/mol. The van der Waals surface area contributed by atoms with Crippen molar-refractivity contribution < 1.29 is 4.79 Å². The van der Waals surface area contributed by atoms with Gasteiger partial charge in [-0.05, 0) is 38.8 Å². The van der Waals surface area contributed by atoms with Crippen LogP contribution in [-0.4, -0.2) is 35.9 Å². The smallest absolute Gasteiger partial charge is 0.171 e. The van der Waals surface area contributed by atoms with Crippen molar-refractivity contribution in [3.8, 4) is 0 Å². The summed E-state index contributed by atoms with van der Waals surface area (Å²) in [7, 11) is 2.27. The van der Waals surface area contributed by atoms with Crippen molar-refractivity contribution in [2.45, 2.75) is 57.2 Å². The van der Waals surface area contributed by atoms with Gasteiger partial charge in [0.05, 0.1) is 15.6 Å². The van der Waals surface area contributed by atoms with Gasteiger partial charge in [0.15, 0.2) is 5.78 Å². The quantitative estimate of drug-likeness (QED) is 0.841. The molecule has 20 heavy (non-hydrogen) atoms. The van der Waals surface area contributed by atoms with Gasteiger partial charge in [0.2, 0.25) is 0 Å². The molecule has 1 aromatic heterocycles. The number of nitrogen functional groups attached to an aromatic ring is 1. The SMILES string of the molecule is CC(=O)c1sc(NC2CC3CCCC(C2)N3C)cc1N. The first-order valence-electron chi connectivity index (χ1n) is 7.43. The monoisotopic (exact) mass is 293 g/mol. The van der Waals surface area contributed by atoms with Gasteiger partial charge in [-0.15, -0.1) is 11.3 Å². The number of anilines is 2. The summed E-state index contributed by atoms with van der Waals surface area (Å²) < 4.78 is 0. The summed E-state index contributed by atoms with van der Waals surface area (Å²) in [5.74, 6) is 0.0563. The number of carbonyl (C=O) groups excluding carboxylic acids is 1. The normalized spacial score (nSPS) is 30.2. The Kier molecular flexibility index (Phi) is 3.73. The summed E-state index contributed by atoms with van der Waals surface area (Å²) >= 11 is 1.49. The number of nitrogens with two attached hydrogens (primary N) is 1. The summed E-state index contributed by atoms with van der Waals surface area (Å²) in [6.45, 7) is 1.58. The molecular formula is C15H23N3OS. The topological polar surface area (TPSA) is 58.4 Å². The highest BCUT2D eigenvalue weighted by molar-refractivity contribution is 7.18. The van der Waals surface area contributed by atoms with Crippen LogP contribution in [0, 0.1) is 0 Å². The van der Waals surface area contributed by atoms with Crippen LogP contribution < -0.4 is 11.1 Å². The Morgan fingerprint density at radius 2 is 2.05 bits per heavy atom. The van der Waals surface area contributed by atoms with Gasteiger partial charge in [-0.2, -0.15) is 0 Å². The molecule has 3 heterocycles. The number of fused-ring (bicyclic) bond motifs is 2. The number of rotatable bonds is 3. The maximum absolute atomic E-state index is 11.5. The summed E-state index contributed by atoms with van der Waals surface area (Å²) in [5.41, 5.74) is 6.51. The summed E-state index contributed by atoms with van der Waals surface area (Å²) in [6.07, 6.45) is 6.39. The minimum Gasteiger partial charge on any atom is -0.397 e. The van der Waals surface area contributed by atoms with Gasteiger partial charge in [-0.3, -0.25) is 4.79 Å². The minimum absolute atomic E-state index is 0.0563. The zero-order valence-corrected chi connectivity index (χ0v) is 13.0. The first-order valence-corrected chi connectivity index (χ1v) is 8.25. The van der Waals surface area contributed by atoms with E-state index in [4.69, 9.17) is 5.73 Å². The molecule has 3 N–H and O–H groups in total. The zero-order valence-electron chi connectivity index (χ0n) is 12.2. The van der Waals surface area contributed by atoms with Gasteiger partial charge < -0.3 is 16.0 Å². The maximum Gasteiger partial charge on any atom is 0.171 e. The van der Waals surface area contributed by atoms with Crippen molar-refractivity contribution >= 4 is 27.8 Å². The van der Waals surface area contributed by atoms with E-state index in [0.29, 0.717) is 28.7 Å². The van der Waals surface area contributed by atoms with Crippen LogP contribution in [0.2, 0.25) is 0 Å². The second-order valence-corrected chi connectivity index (χ2v) is 7.22. The lowest BCUT2D eigenvalue weighted by atomic mass is 9.82. The molecular weight excluding hydrogens is 270 g/mol. The number of Topliss-reactive ketones (excluding diaryl/α,β-unsaturated/α-hetero) is 1. The summed E-state index contributed by atoms with van der Waals surface area (Å²) in [6, 6.07) is 3.85. The van der Waals surface area contributed by atoms with Gasteiger partial charge in [0.25, 0.3) is 0 Å². The van der Waals surface area contributed by atoms with E-state index in [2.05, 4.69) is 17.3 Å². The first-order chi connectivity index (χ1) is 9.54. The van der Waals surface area contributed by atoms with E-state index < -0.39 is 0 Å². The van der Waals surface area contributed by atoms with Crippen LogP contribution in [0.4, 0.5) is 10.7 Å². The molecule has 2 fully saturated rings. The van der Waals surface area contributed by atoms with Crippen LogP contribution in [0.5, 0.6) is 0 Å². The Morgan fingerprint density at radius 1 is 1.40 bits per heavy atom. The largest absolute Gasteiger partial charge is 0.397 e. The van der Waals surface area contributed by atoms with Crippen molar-refractivity contribution in [3.05, 3.63) is 10.9 Å². The van der Waals surface area contributed by atoms with Crippen molar-refractivity contribution in [2.75, 3.05) is 18.1 Å². The Hall–Kier alpha value is -1.07. The number of ketones is 1. The fourth-order valence-corrected chi connectivity index (χ4v) is 4.64. The molecule has 0 spiro atoms. The lowest BCUT2D eigenvalue weighted by molar-refractivity contribution is 0.0609. The number of thiophene rings is 1. The molecule has 0 amide bonds. The molecule has 0 aliphatic carbocycles. The standard InChI is InChI=1S/C15H23N3OS/c1-9(19)15-13(16)8-14(20-15)17-10-6-11-4-3-5-12(7-10)18(11)2/h8,10-12,17H,3-7,16H2,1-2H3. The fraction of sp³-hybridized carbons (Fsp3) is 0.667. The number of hydrogen-bond donors (Lipinski definition) is 2. The minimum atomic E-state index is 0.0563. The van der Waals surface area contributed by atoms with Crippen LogP contribution in [0.25, 0.3) is 0 Å². The molecule has 4 nitrogen and oxygen atoms in total. The first kappa shape index (κ1) is 13.9. The van der Waals surface area contributed by atoms with E-state index >= 15 is 0 Å². The lowest BCUT2D eigenvalue weighted by Crippen LogP contribution is -2.52. The van der Waals surface area contributed by atoms with Crippen molar-refractivity contribution in [1.29, 1.82) is 0 Å². The van der Waals surface area contributed by atoms with E-state index in [9.17, 15) is 4.79 Å². The second-order valence-electron chi connectivity index (χ2n) is 6.17. The molecule has 5 heteroatoms. The van der Waals surface area contributed by atoms with Gasteiger partial charge >= 0.3 is 0 Å². The highest BCUT2D eigenvalue weighted by Crippen LogP contribution is 2.36. The number of nitrogens with one attached hydrogen (secondary N) is 1. The zero-order chi connectivity index (χ0) is 14.3. The van der Waals surface area contributed by atoms with E-state index in [1.165, 1.54) is 43.4 Å². The maximum atomic E-state index is 11.5. The number of hydrogen-bond acceptors (Lipinski definition) is 5. The van der Waals surface area contributed by atoms with Gasteiger partial charge in [-0.1, -0.05) is 6.42 Å². The second kappa shape index (κ2) is 5.37. The van der Waals surface area contributed by atoms with E-state index in [1.807, 2.05) is 6.07 Å². The van der Waals surface area contributed by atoms with E-state index in [-0.39, 0.29) is 5.78 Å². The predicted molar refractivity (Wildman–Crippen MR) is 84.6 cm³/mol. The van der Waals surface area contributed by atoms with E-state index in [1.54, 1.807) is 6.92 Å². The molecule has 2 bridgehead atoms. The molecule has 3 rings (SSSR count). The van der Waals surface area contributed by atoms with Gasteiger partial charge in [0.1, 0.15) is 0 Å². The highest BCUT2D eigenvalue weighted by atomic mass is 32.1. The molecule has 2 atom stereocenters. The Morgan fingerprint density at radius 3 is 2.60 bits per heavy atom. The molecule has 0 radical (unpaired) electrons. The van der Waals surface area contributed by atoms with Crippen molar-refractivity contribution in [1.82, 2.24) is 4.90 Å². The molecule has 0 aromatic carbocycles. The Labute approximate surface area is 124 Å². The number of carbonyl (C=O) groups is 1. The van der Waals surface area contributed by atoms with Crippen molar-refractivity contribution in [2.24, 2.45) is 0 Å². The molecule has 0 saturated carbocycles. The van der Waals surface area contributed by atoms with Crippen LogP contribution in [0.1, 0.15) is 48.7 Å². The summed E-state index contributed by atoms with van der Waals surface area (Å²) in [4.78, 5) is 14.7. The van der Waals surface area contributed by atoms with Crippen LogP contribution in [0.15, 0.2) is 6.07 Å². The van der Waals surface area contributed by atoms with Crippen LogP contribution in [-0.2, 0) is 0 Å². The van der Waals surface area contributed by atoms with E-state index in [0.717, 1.165) is 5.00 Å². The number of nitrogens with zero attached hydrogens (tertiary/aromatic N) is 1. The Balaban J connectivity index is 1.69. The molecule has 2 aliphatic rings.